The highest BCUT2D eigenvalue weighted by atomic mass is 35.5. The highest BCUT2D eigenvalue weighted by molar-refractivity contribution is 6.37. The Morgan fingerprint density at radius 3 is 2.26 bits per heavy atom. The first-order chi connectivity index (χ1) is 12.8. The second-order valence-electron chi connectivity index (χ2n) is 5.90. The molecule has 0 saturated heterocycles. The van der Waals surface area contributed by atoms with Crippen LogP contribution in [0, 0.1) is 13.8 Å². The number of rotatable bonds is 8. The van der Waals surface area contributed by atoms with Gasteiger partial charge in [-0.1, -0.05) is 23.2 Å². The fraction of sp³-hybridized carbons (Fsp3) is 0.368. The molecule has 1 aromatic carbocycles. The van der Waals surface area contributed by atoms with E-state index in [-0.39, 0.29) is 33.7 Å². The van der Waals surface area contributed by atoms with E-state index in [0.717, 1.165) is 11.4 Å². The van der Waals surface area contributed by atoms with Gasteiger partial charge in [0.2, 0.25) is 5.78 Å². The molecule has 2 aromatic rings. The monoisotopic (exact) mass is 413 g/mol. The van der Waals surface area contributed by atoms with Gasteiger partial charge in [-0.05, 0) is 32.0 Å². The van der Waals surface area contributed by atoms with E-state index in [4.69, 9.17) is 37.4 Å². The molecule has 0 atom stereocenters. The summed E-state index contributed by atoms with van der Waals surface area (Å²) >= 11 is 12.0. The number of esters is 1. The molecule has 27 heavy (non-hydrogen) atoms. The number of aromatic nitrogens is 1. The molecular weight excluding hydrogens is 393 g/mol. The van der Waals surface area contributed by atoms with Crippen LogP contribution in [0.1, 0.15) is 32.1 Å². The molecule has 0 amide bonds. The second-order valence-corrected chi connectivity index (χ2v) is 6.72. The number of hydrogen-bond acceptors (Lipinski definition) is 5. The SMILES string of the molecule is COCCn1c(C)cc(C(=O)COC(=O)c2cc(Cl)c(OC)c(Cl)c2)c1C. The van der Waals surface area contributed by atoms with Crippen molar-refractivity contribution in [3.05, 3.63) is 50.8 Å². The molecule has 6 nitrogen and oxygen atoms in total. The van der Waals surface area contributed by atoms with Crippen molar-refractivity contribution in [2.75, 3.05) is 27.4 Å². The third-order valence-electron chi connectivity index (χ3n) is 4.17. The zero-order valence-corrected chi connectivity index (χ0v) is 17.1. The van der Waals surface area contributed by atoms with Crippen LogP contribution in [0.25, 0.3) is 0 Å². The topological polar surface area (TPSA) is 66.8 Å². The molecule has 1 aromatic heterocycles. The van der Waals surface area contributed by atoms with Crippen molar-refractivity contribution in [2.24, 2.45) is 0 Å². The second kappa shape index (κ2) is 9.26. The number of benzene rings is 1. The largest absolute Gasteiger partial charge is 0.494 e. The number of carbonyl (C=O) groups excluding carboxylic acids is 2. The van der Waals surface area contributed by atoms with Gasteiger partial charge in [0, 0.05) is 30.6 Å². The number of ketones is 1. The molecule has 0 fully saturated rings. The normalized spacial score (nSPS) is 10.7. The van der Waals surface area contributed by atoms with E-state index in [9.17, 15) is 9.59 Å². The van der Waals surface area contributed by atoms with Crippen LogP contribution in [0.2, 0.25) is 10.0 Å². The quantitative estimate of drug-likeness (QED) is 0.481. The van der Waals surface area contributed by atoms with E-state index in [1.165, 1.54) is 19.2 Å². The lowest BCUT2D eigenvalue weighted by atomic mass is 10.1. The summed E-state index contributed by atoms with van der Waals surface area (Å²) in [5.41, 5.74) is 2.40. The van der Waals surface area contributed by atoms with Gasteiger partial charge in [-0.15, -0.1) is 0 Å². The van der Waals surface area contributed by atoms with E-state index in [1.807, 2.05) is 18.4 Å². The Bertz CT molecular complexity index is 837. The van der Waals surface area contributed by atoms with Crippen LogP contribution >= 0.6 is 23.2 Å². The molecule has 0 saturated carbocycles. The molecule has 2 rings (SSSR count). The molecule has 0 bridgehead atoms. The number of nitrogens with zero attached hydrogens (tertiary/aromatic N) is 1. The van der Waals surface area contributed by atoms with Crippen LogP contribution in [0.15, 0.2) is 18.2 Å². The van der Waals surface area contributed by atoms with E-state index in [2.05, 4.69) is 0 Å². The maximum atomic E-state index is 12.5. The van der Waals surface area contributed by atoms with Gasteiger partial charge in [0.15, 0.2) is 12.4 Å². The Morgan fingerprint density at radius 2 is 1.70 bits per heavy atom. The molecule has 0 N–H and O–H groups in total. The molecule has 1 heterocycles. The van der Waals surface area contributed by atoms with E-state index < -0.39 is 5.97 Å². The minimum absolute atomic E-state index is 0.143. The lowest BCUT2D eigenvalue weighted by Gasteiger charge is -2.10. The molecule has 0 aliphatic heterocycles. The first-order valence-corrected chi connectivity index (χ1v) is 8.94. The number of hydrogen-bond donors (Lipinski definition) is 0. The van der Waals surface area contributed by atoms with Crippen LogP contribution in [0.3, 0.4) is 0 Å². The summed E-state index contributed by atoms with van der Waals surface area (Å²) in [7, 11) is 3.05. The van der Waals surface area contributed by atoms with Gasteiger partial charge in [-0.3, -0.25) is 4.79 Å². The van der Waals surface area contributed by atoms with Crippen molar-refractivity contribution in [1.82, 2.24) is 4.57 Å². The van der Waals surface area contributed by atoms with Crippen molar-refractivity contribution in [1.29, 1.82) is 0 Å². The number of methoxy groups -OCH3 is 2. The maximum absolute atomic E-state index is 12.5. The Labute approximate surface area is 167 Å². The average molecular weight is 414 g/mol. The Kier molecular flexibility index (Phi) is 7.30. The zero-order chi connectivity index (χ0) is 20.1. The highest BCUT2D eigenvalue weighted by Crippen LogP contribution is 2.34. The van der Waals surface area contributed by atoms with Crippen molar-refractivity contribution in [3.8, 4) is 5.75 Å². The van der Waals surface area contributed by atoms with Gasteiger partial charge in [0.05, 0.1) is 29.3 Å². The summed E-state index contributed by atoms with van der Waals surface area (Å²) in [5.74, 6) is -0.705. The molecule has 0 unspecified atom stereocenters. The fourth-order valence-electron chi connectivity index (χ4n) is 2.77. The van der Waals surface area contributed by atoms with Gasteiger partial charge in [-0.2, -0.15) is 0 Å². The third-order valence-corrected chi connectivity index (χ3v) is 4.73. The molecule has 0 aliphatic carbocycles. The van der Waals surface area contributed by atoms with Crippen LogP contribution < -0.4 is 4.74 Å². The number of carbonyl (C=O) groups is 2. The lowest BCUT2D eigenvalue weighted by molar-refractivity contribution is 0.0474. The summed E-state index contributed by atoms with van der Waals surface area (Å²) in [6.07, 6.45) is 0. The van der Waals surface area contributed by atoms with Gasteiger partial charge in [-0.25, -0.2) is 4.79 Å². The van der Waals surface area contributed by atoms with Gasteiger partial charge >= 0.3 is 5.97 Å². The minimum Gasteiger partial charge on any atom is -0.494 e. The average Bonchev–Trinajstić information content (AvgIpc) is 2.91. The minimum atomic E-state index is -0.692. The summed E-state index contributed by atoms with van der Waals surface area (Å²) < 4.78 is 17.2. The lowest BCUT2D eigenvalue weighted by Crippen LogP contribution is -2.15. The van der Waals surface area contributed by atoms with Crippen molar-refractivity contribution in [2.45, 2.75) is 20.4 Å². The summed E-state index contributed by atoms with van der Waals surface area (Å²) in [4.78, 5) is 24.7. The van der Waals surface area contributed by atoms with Crippen molar-refractivity contribution >= 4 is 35.0 Å². The smallest absolute Gasteiger partial charge is 0.338 e. The standard InChI is InChI=1S/C19H21Cl2NO5/c1-11-7-14(12(2)22(11)5-6-25-3)17(23)10-27-19(24)13-8-15(20)18(26-4)16(21)9-13/h7-9H,5-6,10H2,1-4H3. The number of Topliss-reactive ketones (excluding diaryl/α,β-unsaturated/α-hetero) is 1. The highest BCUT2D eigenvalue weighted by Gasteiger charge is 2.19. The van der Waals surface area contributed by atoms with Crippen LogP contribution in [-0.4, -0.2) is 43.8 Å². The molecule has 0 radical (unpaired) electrons. The van der Waals surface area contributed by atoms with E-state index in [0.29, 0.717) is 18.7 Å². The van der Waals surface area contributed by atoms with E-state index in [1.54, 1.807) is 13.2 Å². The first-order valence-electron chi connectivity index (χ1n) is 8.19. The summed E-state index contributed by atoms with van der Waals surface area (Å²) in [5, 5.41) is 0.370. The van der Waals surface area contributed by atoms with Gasteiger partial charge < -0.3 is 18.8 Å². The number of ether oxygens (including phenoxy) is 3. The Balaban J connectivity index is 2.09. The Hall–Kier alpha value is -2.02. The number of halogens is 2. The fourth-order valence-corrected chi connectivity index (χ4v) is 3.42. The molecular formula is C19H21Cl2NO5. The number of aryl methyl sites for hydroxylation is 1. The van der Waals surface area contributed by atoms with Crippen LogP contribution in [0.5, 0.6) is 5.75 Å². The molecule has 8 heteroatoms. The predicted octanol–water partition coefficient (Wildman–Crippen LogP) is 4.11. The first kappa shape index (κ1) is 21.3. The molecule has 0 spiro atoms. The Morgan fingerprint density at radius 1 is 1.07 bits per heavy atom. The van der Waals surface area contributed by atoms with E-state index >= 15 is 0 Å². The zero-order valence-electron chi connectivity index (χ0n) is 15.6. The molecule has 146 valence electrons. The maximum Gasteiger partial charge on any atom is 0.338 e. The summed E-state index contributed by atoms with van der Waals surface area (Å²) in [6, 6.07) is 4.55. The summed E-state index contributed by atoms with van der Waals surface area (Å²) in [6.45, 7) is 4.56. The molecule has 0 aliphatic rings. The van der Waals surface area contributed by atoms with Crippen molar-refractivity contribution in [3.63, 3.8) is 0 Å². The van der Waals surface area contributed by atoms with Gasteiger partial charge in [0.1, 0.15) is 0 Å². The van der Waals surface area contributed by atoms with Crippen LogP contribution in [0.4, 0.5) is 0 Å². The van der Waals surface area contributed by atoms with Gasteiger partial charge in [0.25, 0.3) is 0 Å². The van der Waals surface area contributed by atoms with Crippen molar-refractivity contribution < 1.29 is 23.8 Å². The van der Waals surface area contributed by atoms with Crippen LogP contribution in [-0.2, 0) is 16.0 Å². The predicted molar refractivity (Wildman–Crippen MR) is 103 cm³/mol. The third kappa shape index (κ3) is 4.83.